The minimum Gasteiger partial charge on any atom is -0.497 e. The smallest absolute Gasteiger partial charge is 0.287 e. The van der Waals surface area contributed by atoms with Gasteiger partial charge in [0.15, 0.2) is 23.7 Å². The highest BCUT2D eigenvalue weighted by Crippen LogP contribution is 2.25. The van der Waals surface area contributed by atoms with Crippen LogP contribution in [0.5, 0.6) is 5.75 Å². The van der Waals surface area contributed by atoms with Crippen molar-refractivity contribution < 1.29 is 19.3 Å². The van der Waals surface area contributed by atoms with Crippen molar-refractivity contribution in [1.82, 2.24) is 23.9 Å². The van der Waals surface area contributed by atoms with Crippen LogP contribution in [0.1, 0.15) is 6.23 Å². The molecular weight excluding hydrogens is 366 g/mol. The lowest BCUT2D eigenvalue weighted by atomic mass is 10.2. The Bertz CT molecular complexity index is 1210. The van der Waals surface area contributed by atoms with Crippen molar-refractivity contribution in [2.24, 2.45) is 0 Å². The van der Waals surface area contributed by atoms with Gasteiger partial charge in [0, 0.05) is 6.20 Å². The van der Waals surface area contributed by atoms with Crippen LogP contribution in [0.2, 0.25) is 0 Å². The number of H-pyrrole nitrogens is 1. The van der Waals surface area contributed by atoms with Gasteiger partial charge in [-0.1, -0.05) is 0 Å². The molecule has 28 heavy (non-hydrogen) atoms. The van der Waals surface area contributed by atoms with E-state index in [4.69, 9.17) is 19.3 Å². The average molecular weight is 383 g/mol. The summed E-state index contributed by atoms with van der Waals surface area (Å²) in [5.41, 5.74) is 1.97. The Labute approximate surface area is 157 Å². The van der Waals surface area contributed by atoms with E-state index >= 15 is 0 Å². The lowest BCUT2D eigenvalue weighted by Gasteiger charge is -2.11. The van der Waals surface area contributed by atoms with Crippen molar-refractivity contribution in [2.45, 2.75) is 12.5 Å². The molecule has 4 aromatic rings. The first kappa shape index (κ1) is 16.9. The molecule has 1 aromatic carbocycles. The third-order valence-corrected chi connectivity index (χ3v) is 4.73. The Kier molecular flexibility index (Phi) is 3.90. The fraction of sp³-hybridized carbons (Fsp3) is 0.278. The second-order valence-electron chi connectivity index (χ2n) is 6.37. The van der Waals surface area contributed by atoms with Gasteiger partial charge in [-0.3, -0.25) is 9.36 Å². The summed E-state index contributed by atoms with van der Waals surface area (Å²) in [6.07, 6.45) is 1.99. The van der Waals surface area contributed by atoms with Crippen LogP contribution in [-0.2, 0) is 9.47 Å². The number of nitrogens with zero attached hydrogens (tertiary/aromatic N) is 4. The van der Waals surface area contributed by atoms with E-state index in [1.54, 1.807) is 17.9 Å². The molecule has 1 aliphatic rings. The largest absolute Gasteiger partial charge is 0.497 e. The number of hydrogen-bond acceptors (Lipinski definition) is 7. The third kappa shape index (κ3) is 2.58. The van der Waals surface area contributed by atoms with Crippen LogP contribution >= 0.6 is 0 Å². The summed E-state index contributed by atoms with van der Waals surface area (Å²) < 4.78 is 19.2. The van der Waals surface area contributed by atoms with Crippen LogP contribution in [0.25, 0.3) is 28.2 Å². The van der Waals surface area contributed by atoms with Gasteiger partial charge in [0.2, 0.25) is 5.78 Å². The Morgan fingerprint density at radius 2 is 2.18 bits per heavy atom. The van der Waals surface area contributed by atoms with Gasteiger partial charge >= 0.3 is 0 Å². The number of ether oxygens (including phenoxy) is 3. The number of nitrogens with one attached hydrogen (secondary N) is 1. The van der Waals surface area contributed by atoms with Crippen LogP contribution in [0.15, 0.2) is 41.6 Å². The first-order valence-corrected chi connectivity index (χ1v) is 8.68. The molecule has 1 saturated heterocycles. The molecule has 0 amide bonds. The molecule has 0 bridgehead atoms. The number of methoxy groups -OCH3 is 1. The monoisotopic (exact) mass is 383 g/mol. The summed E-state index contributed by atoms with van der Waals surface area (Å²) in [6, 6.07) is 7.48. The van der Waals surface area contributed by atoms with Crippen molar-refractivity contribution in [3.05, 3.63) is 47.1 Å². The van der Waals surface area contributed by atoms with E-state index in [1.165, 1.54) is 10.7 Å². The number of fused-ring (bicyclic) bond motifs is 2. The second-order valence-corrected chi connectivity index (χ2v) is 6.37. The molecule has 0 spiro atoms. The van der Waals surface area contributed by atoms with Gasteiger partial charge in [-0.25, -0.2) is 9.38 Å². The molecule has 0 saturated carbocycles. The van der Waals surface area contributed by atoms with Gasteiger partial charge in [-0.15, -0.1) is 0 Å². The lowest BCUT2D eigenvalue weighted by Crippen LogP contribution is -2.17. The number of imidazole rings is 2. The maximum Gasteiger partial charge on any atom is 0.287 e. The standard InChI is InChI=1S/C18H17N5O5/c1-26-11-4-2-10(3-5-11)12-6-22-17(25)15-16(21-18(22)20-12)23(9-19-15)13-8-27-14(7-24)28-13/h2-6,9,13-14,24H,7-8H2,1H3,(H,20,21)/t13-,14-/m1/s1. The number of rotatable bonds is 4. The summed E-state index contributed by atoms with van der Waals surface area (Å²) >= 11 is 0. The molecule has 2 N–H and O–H groups in total. The Morgan fingerprint density at radius 3 is 2.89 bits per heavy atom. The van der Waals surface area contributed by atoms with Crippen LogP contribution < -0.4 is 10.3 Å². The molecule has 1 fully saturated rings. The Hall–Kier alpha value is -3.21. The number of benzene rings is 1. The number of aromatic nitrogens is 5. The van der Waals surface area contributed by atoms with Crippen LogP contribution in [-0.4, -0.2) is 55.6 Å². The zero-order valence-electron chi connectivity index (χ0n) is 14.9. The topological polar surface area (TPSA) is 116 Å². The minimum atomic E-state index is -0.695. The van der Waals surface area contributed by atoms with Crippen molar-refractivity contribution in [1.29, 1.82) is 0 Å². The second kappa shape index (κ2) is 6.44. The van der Waals surface area contributed by atoms with Crippen LogP contribution in [0, 0.1) is 0 Å². The van der Waals surface area contributed by atoms with E-state index in [1.807, 2.05) is 24.3 Å². The number of hydrogen-bond donors (Lipinski definition) is 2. The summed E-state index contributed by atoms with van der Waals surface area (Å²) in [6.45, 7) is -0.00906. The molecule has 0 radical (unpaired) electrons. The highest BCUT2D eigenvalue weighted by Gasteiger charge is 2.29. The molecule has 10 nitrogen and oxygen atoms in total. The molecule has 0 aliphatic carbocycles. The minimum absolute atomic E-state index is 0.230. The average Bonchev–Trinajstić information content (AvgIpc) is 3.46. The molecule has 144 valence electrons. The summed E-state index contributed by atoms with van der Waals surface area (Å²) in [5.74, 6) is 1.14. The van der Waals surface area contributed by atoms with E-state index in [0.29, 0.717) is 11.4 Å². The normalized spacial score (nSPS) is 19.6. The van der Waals surface area contributed by atoms with Gasteiger partial charge in [0.05, 0.1) is 32.3 Å². The first-order chi connectivity index (χ1) is 13.7. The van der Waals surface area contributed by atoms with Gasteiger partial charge < -0.3 is 24.3 Å². The molecule has 2 atom stereocenters. The maximum absolute atomic E-state index is 12.9. The van der Waals surface area contributed by atoms with Crippen molar-refractivity contribution >= 4 is 16.9 Å². The van der Waals surface area contributed by atoms with E-state index in [2.05, 4.69) is 15.0 Å². The van der Waals surface area contributed by atoms with E-state index in [0.717, 1.165) is 17.0 Å². The van der Waals surface area contributed by atoms with Gasteiger partial charge in [-0.05, 0) is 29.8 Å². The van der Waals surface area contributed by atoms with Gasteiger partial charge in [-0.2, -0.15) is 4.98 Å². The molecule has 10 heteroatoms. The number of aliphatic hydroxyl groups is 1. The van der Waals surface area contributed by atoms with Crippen molar-refractivity contribution in [3.8, 4) is 17.0 Å². The quantitative estimate of drug-likeness (QED) is 0.538. The molecule has 3 aromatic heterocycles. The molecular formula is C18H17N5O5. The number of aromatic amines is 1. The Morgan fingerprint density at radius 1 is 1.36 bits per heavy atom. The SMILES string of the molecule is COc1ccc(-c2cn3c(=O)c4ncn([C@H]5CO[C@@H](CO)O5)c4nc3[nH]2)cc1. The summed E-state index contributed by atoms with van der Waals surface area (Å²) in [7, 11) is 1.61. The zero-order chi connectivity index (χ0) is 19.3. The predicted molar refractivity (Wildman–Crippen MR) is 98.0 cm³/mol. The predicted octanol–water partition coefficient (Wildman–Crippen LogP) is 0.912. The lowest BCUT2D eigenvalue weighted by molar-refractivity contribution is -0.0980. The van der Waals surface area contributed by atoms with Crippen molar-refractivity contribution in [2.75, 3.05) is 20.3 Å². The maximum atomic E-state index is 12.9. The number of aliphatic hydroxyl groups excluding tert-OH is 1. The third-order valence-electron chi connectivity index (χ3n) is 4.73. The Balaban J connectivity index is 1.60. The zero-order valence-corrected chi connectivity index (χ0v) is 14.9. The van der Waals surface area contributed by atoms with Crippen LogP contribution in [0.3, 0.4) is 0 Å². The van der Waals surface area contributed by atoms with E-state index in [-0.39, 0.29) is 24.3 Å². The fourth-order valence-corrected chi connectivity index (χ4v) is 3.28. The van der Waals surface area contributed by atoms with Gasteiger partial charge in [0.1, 0.15) is 5.75 Å². The molecule has 5 rings (SSSR count). The van der Waals surface area contributed by atoms with E-state index < -0.39 is 12.5 Å². The van der Waals surface area contributed by atoms with Crippen LogP contribution in [0.4, 0.5) is 0 Å². The van der Waals surface area contributed by atoms with Crippen molar-refractivity contribution in [3.63, 3.8) is 0 Å². The first-order valence-electron chi connectivity index (χ1n) is 8.68. The summed E-state index contributed by atoms with van der Waals surface area (Å²) in [5, 5.41) is 9.17. The summed E-state index contributed by atoms with van der Waals surface area (Å²) in [4.78, 5) is 24.8. The van der Waals surface area contributed by atoms with E-state index in [9.17, 15) is 4.79 Å². The highest BCUT2D eigenvalue weighted by atomic mass is 16.7. The highest BCUT2D eigenvalue weighted by molar-refractivity contribution is 5.73. The molecule has 1 aliphatic heterocycles. The fourth-order valence-electron chi connectivity index (χ4n) is 3.28. The molecule has 0 unspecified atom stereocenters. The molecule has 4 heterocycles. The van der Waals surface area contributed by atoms with Gasteiger partial charge in [0.25, 0.3) is 5.56 Å².